The highest BCUT2D eigenvalue weighted by Crippen LogP contribution is 2.26. The van der Waals surface area contributed by atoms with Crippen LogP contribution in [-0.4, -0.2) is 13.0 Å². The third-order valence-corrected chi connectivity index (χ3v) is 3.71. The Kier molecular flexibility index (Phi) is 4.81. The van der Waals surface area contributed by atoms with E-state index < -0.39 is 0 Å². The molecule has 0 saturated heterocycles. The van der Waals surface area contributed by atoms with Crippen molar-refractivity contribution in [3.63, 3.8) is 0 Å². The van der Waals surface area contributed by atoms with E-state index >= 15 is 0 Å². The van der Waals surface area contributed by atoms with Crippen LogP contribution in [0.1, 0.15) is 31.4 Å². The SMILES string of the molecule is COc1ccc2cc(C(N)CC(C)CC(N)=O)ccc2c1. The topological polar surface area (TPSA) is 78.3 Å². The van der Waals surface area contributed by atoms with Crippen molar-refractivity contribution in [2.75, 3.05) is 7.11 Å². The van der Waals surface area contributed by atoms with Crippen molar-refractivity contribution in [2.24, 2.45) is 17.4 Å². The van der Waals surface area contributed by atoms with Crippen LogP contribution in [0.15, 0.2) is 36.4 Å². The molecule has 0 radical (unpaired) electrons. The summed E-state index contributed by atoms with van der Waals surface area (Å²) in [5.41, 5.74) is 12.5. The minimum Gasteiger partial charge on any atom is -0.497 e. The number of amides is 1. The lowest BCUT2D eigenvalue weighted by Gasteiger charge is -2.17. The molecule has 0 heterocycles. The van der Waals surface area contributed by atoms with Crippen LogP contribution in [0.5, 0.6) is 5.75 Å². The van der Waals surface area contributed by atoms with E-state index in [9.17, 15) is 4.79 Å². The minimum atomic E-state index is -0.277. The fourth-order valence-electron chi connectivity index (χ4n) is 2.60. The lowest BCUT2D eigenvalue weighted by Crippen LogP contribution is -2.19. The molecule has 0 aliphatic carbocycles. The molecule has 2 unspecified atom stereocenters. The number of nitrogens with two attached hydrogens (primary N) is 2. The highest BCUT2D eigenvalue weighted by atomic mass is 16.5. The largest absolute Gasteiger partial charge is 0.497 e. The maximum Gasteiger partial charge on any atom is 0.217 e. The summed E-state index contributed by atoms with van der Waals surface area (Å²) in [6.07, 6.45) is 1.11. The molecule has 2 aromatic rings. The number of ether oxygens (including phenoxy) is 1. The standard InChI is InChI=1S/C17H22N2O2/c1-11(8-17(19)20)7-16(18)14-4-3-13-10-15(21-2)6-5-12(13)9-14/h3-6,9-11,16H,7-8,18H2,1-2H3,(H2,19,20). The molecule has 2 rings (SSSR count). The van der Waals surface area contributed by atoms with Gasteiger partial charge in [-0.05, 0) is 46.9 Å². The third kappa shape index (κ3) is 3.95. The van der Waals surface area contributed by atoms with Crippen LogP contribution in [0.2, 0.25) is 0 Å². The molecule has 2 aromatic carbocycles. The Morgan fingerprint density at radius 2 is 1.86 bits per heavy atom. The van der Waals surface area contributed by atoms with Gasteiger partial charge in [-0.15, -0.1) is 0 Å². The summed E-state index contributed by atoms with van der Waals surface area (Å²) < 4.78 is 5.22. The first-order valence-electron chi connectivity index (χ1n) is 7.11. The molecular weight excluding hydrogens is 264 g/mol. The van der Waals surface area contributed by atoms with Gasteiger partial charge in [0, 0.05) is 12.5 Å². The zero-order valence-electron chi connectivity index (χ0n) is 12.5. The van der Waals surface area contributed by atoms with Gasteiger partial charge in [0.25, 0.3) is 0 Å². The molecule has 2 atom stereocenters. The number of rotatable bonds is 6. The smallest absolute Gasteiger partial charge is 0.217 e. The normalized spacial score (nSPS) is 13.9. The van der Waals surface area contributed by atoms with Gasteiger partial charge in [-0.2, -0.15) is 0 Å². The molecule has 112 valence electrons. The van der Waals surface area contributed by atoms with E-state index in [4.69, 9.17) is 16.2 Å². The number of primary amides is 1. The number of benzene rings is 2. The van der Waals surface area contributed by atoms with E-state index in [0.29, 0.717) is 6.42 Å². The molecule has 0 aromatic heterocycles. The highest BCUT2D eigenvalue weighted by Gasteiger charge is 2.13. The fraction of sp³-hybridized carbons (Fsp3) is 0.353. The molecule has 4 N–H and O–H groups in total. The Morgan fingerprint density at radius 3 is 2.52 bits per heavy atom. The maximum absolute atomic E-state index is 10.9. The molecular formula is C17H22N2O2. The number of methoxy groups -OCH3 is 1. The van der Waals surface area contributed by atoms with Crippen LogP contribution in [-0.2, 0) is 4.79 Å². The van der Waals surface area contributed by atoms with E-state index in [1.54, 1.807) is 7.11 Å². The van der Waals surface area contributed by atoms with Gasteiger partial charge in [0.2, 0.25) is 5.91 Å². The quantitative estimate of drug-likeness (QED) is 0.857. The Balaban J connectivity index is 2.16. The zero-order chi connectivity index (χ0) is 15.4. The van der Waals surface area contributed by atoms with Gasteiger partial charge >= 0.3 is 0 Å². The average molecular weight is 286 g/mol. The number of carbonyl (C=O) groups excluding carboxylic acids is 1. The van der Waals surface area contributed by atoms with Crippen LogP contribution < -0.4 is 16.2 Å². The van der Waals surface area contributed by atoms with Crippen molar-refractivity contribution in [1.82, 2.24) is 0 Å². The van der Waals surface area contributed by atoms with Gasteiger partial charge in [-0.3, -0.25) is 4.79 Å². The summed E-state index contributed by atoms with van der Waals surface area (Å²) in [6.45, 7) is 2.00. The summed E-state index contributed by atoms with van der Waals surface area (Å²) in [5, 5.41) is 2.25. The average Bonchev–Trinajstić information content (AvgIpc) is 2.45. The predicted molar refractivity (Wildman–Crippen MR) is 85.0 cm³/mol. The van der Waals surface area contributed by atoms with E-state index in [1.807, 2.05) is 37.3 Å². The zero-order valence-corrected chi connectivity index (χ0v) is 12.5. The first-order chi connectivity index (χ1) is 9.99. The van der Waals surface area contributed by atoms with Gasteiger partial charge in [0.05, 0.1) is 7.11 Å². The van der Waals surface area contributed by atoms with Gasteiger partial charge in [0.15, 0.2) is 0 Å². The van der Waals surface area contributed by atoms with E-state index in [0.717, 1.165) is 28.5 Å². The molecule has 21 heavy (non-hydrogen) atoms. The van der Waals surface area contributed by atoms with Crippen molar-refractivity contribution in [3.05, 3.63) is 42.0 Å². The highest BCUT2D eigenvalue weighted by molar-refractivity contribution is 5.84. The lowest BCUT2D eigenvalue weighted by atomic mass is 9.93. The first kappa shape index (κ1) is 15.3. The third-order valence-electron chi connectivity index (χ3n) is 3.71. The van der Waals surface area contributed by atoms with Crippen LogP contribution >= 0.6 is 0 Å². The van der Waals surface area contributed by atoms with Gasteiger partial charge in [0.1, 0.15) is 5.75 Å². The van der Waals surface area contributed by atoms with Crippen molar-refractivity contribution < 1.29 is 9.53 Å². The molecule has 0 aliphatic rings. The fourth-order valence-corrected chi connectivity index (χ4v) is 2.60. The monoisotopic (exact) mass is 286 g/mol. The van der Waals surface area contributed by atoms with E-state index in [-0.39, 0.29) is 17.9 Å². The van der Waals surface area contributed by atoms with Crippen LogP contribution in [0.3, 0.4) is 0 Å². The van der Waals surface area contributed by atoms with E-state index in [1.165, 1.54) is 0 Å². The molecule has 0 bridgehead atoms. The lowest BCUT2D eigenvalue weighted by molar-refractivity contribution is -0.118. The number of hydrogen-bond donors (Lipinski definition) is 2. The Morgan fingerprint density at radius 1 is 1.19 bits per heavy atom. The molecule has 1 amide bonds. The Hall–Kier alpha value is -2.07. The van der Waals surface area contributed by atoms with Gasteiger partial charge in [-0.1, -0.05) is 25.1 Å². The first-order valence-corrected chi connectivity index (χ1v) is 7.11. The second-order valence-corrected chi connectivity index (χ2v) is 5.59. The molecule has 4 nitrogen and oxygen atoms in total. The summed E-state index contributed by atoms with van der Waals surface area (Å²) in [5.74, 6) is 0.749. The second kappa shape index (κ2) is 6.59. The molecule has 0 fully saturated rings. The van der Waals surface area contributed by atoms with Crippen molar-refractivity contribution >= 4 is 16.7 Å². The molecule has 0 aliphatic heterocycles. The Labute approximate surface area is 125 Å². The predicted octanol–water partition coefficient (Wildman–Crippen LogP) is 2.75. The summed E-state index contributed by atoms with van der Waals surface area (Å²) in [7, 11) is 1.66. The van der Waals surface area contributed by atoms with Crippen LogP contribution in [0.25, 0.3) is 10.8 Å². The maximum atomic E-state index is 10.9. The molecule has 4 heteroatoms. The second-order valence-electron chi connectivity index (χ2n) is 5.59. The molecule has 0 spiro atoms. The van der Waals surface area contributed by atoms with Crippen molar-refractivity contribution in [3.8, 4) is 5.75 Å². The Bertz CT molecular complexity index is 640. The summed E-state index contributed by atoms with van der Waals surface area (Å²) in [4.78, 5) is 10.9. The molecule has 0 saturated carbocycles. The van der Waals surface area contributed by atoms with Crippen molar-refractivity contribution in [2.45, 2.75) is 25.8 Å². The number of hydrogen-bond acceptors (Lipinski definition) is 3. The van der Waals surface area contributed by atoms with Gasteiger partial charge < -0.3 is 16.2 Å². The van der Waals surface area contributed by atoms with Gasteiger partial charge in [-0.25, -0.2) is 0 Å². The minimum absolute atomic E-state index is 0.0918. The van der Waals surface area contributed by atoms with Crippen molar-refractivity contribution in [1.29, 1.82) is 0 Å². The van der Waals surface area contributed by atoms with Crippen LogP contribution in [0, 0.1) is 5.92 Å². The summed E-state index contributed by atoms with van der Waals surface area (Å²) >= 11 is 0. The number of carbonyl (C=O) groups is 1. The van der Waals surface area contributed by atoms with E-state index in [2.05, 4.69) is 6.07 Å². The number of fused-ring (bicyclic) bond motifs is 1. The summed E-state index contributed by atoms with van der Waals surface area (Å²) in [6, 6.07) is 12.0. The van der Waals surface area contributed by atoms with Crippen LogP contribution in [0.4, 0.5) is 0 Å².